The molecule has 0 unspecified atom stereocenters. The molecule has 0 bridgehead atoms. The van der Waals surface area contributed by atoms with Crippen molar-refractivity contribution in [2.75, 3.05) is 26.2 Å². The third kappa shape index (κ3) is 10.3. The van der Waals surface area contributed by atoms with Crippen LogP contribution in [0.1, 0.15) is 59.1 Å². The van der Waals surface area contributed by atoms with Crippen LogP contribution in [0, 0.1) is 5.41 Å². The van der Waals surface area contributed by atoms with E-state index in [1.807, 2.05) is 12.3 Å². The predicted octanol–water partition coefficient (Wildman–Crippen LogP) is 4.05. The predicted molar refractivity (Wildman–Crippen MR) is 126 cm³/mol. The van der Waals surface area contributed by atoms with E-state index in [0.29, 0.717) is 11.5 Å². The molecule has 0 radical (unpaired) electrons. The first-order chi connectivity index (χ1) is 12.5. The Morgan fingerprint density at radius 1 is 1.26 bits per heavy atom. The van der Waals surface area contributed by atoms with Crippen molar-refractivity contribution in [3.8, 4) is 0 Å². The molecule has 0 aromatic carbocycles. The minimum Gasteiger partial charge on any atom is -0.357 e. The minimum absolute atomic E-state index is 0. The zero-order valence-electron chi connectivity index (χ0n) is 17.5. The summed E-state index contributed by atoms with van der Waals surface area (Å²) in [5.41, 5.74) is 1.55. The fourth-order valence-corrected chi connectivity index (χ4v) is 3.27. The van der Waals surface area contributed by atoms with Gasteiger partial charge < -0.3 is 10.6 Å². The van der Waals surface area contributed by atoms with Gasteiger partial charge in [-0.05, 0) is 50.2 Å². The number of hydrogen-bond acceptors (Lipinski definition) is 3. The number of guanidine groups is 1. The third-order valence-electron chi connectivity index (χ3n) is 4.74. The van der Waals surface area contributed by atoms with Gasteiger partial charge in [-0.25, -0.2) is 0 Å². The second kappa shape index (κ2) is 12.5. The fourth-order valence-electron chi connectivity index (χ4n) is 3.27. The average Bonchev–Trinajstić information content (AvgIpc) is 2.60. The lowest BCUT2D eigenvalue weighted by atomic mass is 9.91. The molecule has 0 spiro atoms. The van der Waals surface area contributed by atoms with E-state index in [0.717, 1.165) is 63.6 Å². The maximum atomic E-state index is 4.77. The van der Waals surface area contributed by atoms with E-state index in [2.05, 4.69) is 60.3 Å². The van der Waals surface area contributed by atoms with Crippen LogP contribution in [0.4, 0.5) is 0 Å². The second-order valence-electron chi connectivity index (χ2n) is 8.44. The lowest BCUT2D eigenvalue weighted by Gasteiger charge is -2.32. The van der Waals surface area contributed by atoms with Crippen molar-refractivity contribution in [1.29, 1.82) is 0 Å². The number of nitrogens with one attached hydrogen (secondary N) is 2. The summed E-state index contributed by atoms with van der Waals surface area (Å²) in [7, 11) is 0. The van der Waals surface area contributed by atoms with Gasteiger partial charge in [0.25, 0.3) is 0 Å². The van der Waals surface area contributed by atoms with Crippen molar-refractivity contribution >= 4 is 29.9 Å². The van der Waals surface area contributed by atoms with Crippen molar-refractivity contribution in [2.24, 2.45) is 10.4 Å². The number of likely N-dealkylation sites (tertiary alicyclic amines) is 1. The molecule has 6 heteroatoms. The van der Waals surface area contributed by atoms with E-state index in [1.165, 1.54) is 6.42 Å². The fraction of sp³-hybridized carbons (Fsp3) is 0.714. The van der Waals surface area contributed by atoms with Gasteiger partial charge in [-0.1, -0.05) is 26.8 Å². The molecule has 1 fully saturated rings. The molecule has 2 rings (SSSR count). The van der Waals surface area contributed by atoms with E-state index >= 15 is 0 Å². The van der Waals surface area contributed by atoms with Crippen molar-refractivity contribution < 1.29 is 0 Å². The average molecular weight is 487 g/mol. The van der Waals surface area contributed by atoms with E-state index in [-0.39, 0.29) is 24.0 Å². The summed E-state index contributed by atoms with van der Waals surface area (Å²) in [5, 5.41) is 7.03. The van der Waals surface area contributed by atoms with Crippen LogP contribution in [-0.4, -0.2) is 48.1 Å². The number of pyridine rings is 1. The topological polar surface area (TPSA) is 52.6 Å². The van der Waals surface area contributed by atoms with Gasteiger partial charge in [0.1, 0.15) is 0 Å². The van der Waals surface area contributed by atoms with Crippen molar-refractivity contribution in [3.63, 3.8) is 0 Å². The highest BCUT2D eigenvalue weighted by Crippen LogP contribution is 2.20. The summed E-state index contributed by atoms with van der Waals surface area (Å²) in [6, 6.07) is 6.66. The highest BCUT2D eigenvalue weighted by Gasteiger charge is 2.20. The van der Waals surface area contributed by atoms with E-state index in [9.17, 15) is 0 Å². The molecule has 1 saturated heterocycles. The molecule has 2 N–H and O–H groups in total. The molecule has 154 valence electrons. The van der Waals surface area contributed by atoms with Gasteiger partial charge in [0.15, 0.2) is 5.96 Å². The second-order valence-corrected chi connectivity index (χ2v) is 8.44. The number of halogens is 1. The Hall–Kier alpha value is -0.890. The first kappa shape index (κ1) is 24.1. The van der Waals surface area contributed by atoms with E-state index in [4.69, 9.17) is 4.99 Å². The molecule has 1 aromatic rings. The van der Waals surface area contributed by atoms with Crippen LogP contribution in [0.3, 0.4) is 0 Å². The van der Waals surface area contributed by atoms with E-state index in [1.54, 1.807) is 0 Å². The molecule has 1 aromatic heterocycles. The Bertz CT molecular complexity index is 533. The highest BCUT2D eigenvalue weighted by atomic mass is 127. The Balaban J connectivity index is 0.00000364. The summed E-state index contributed by atoms with van der Waals surface area (Å²) >= 11 is 0. The molecular weight excluding hydrogens is 449 g/mol. The molecular formula is C21H38IN5. The summed E-state index contributed by atoms with van der Waals surface area (Å²) in [5.74, 6) is 0.976. The van der Waals surface area contributed by atoms with Crippen molar-refractivity contribution in [1.82, 2.24) is 20.5 Å². The summed E-state index contributed by atoms with van der Waals surface area (Å²) in [6.45, 7) is 14.0. The van der Waals surface area contributed by atoms with Gasteiger partial charge >= 0.3 is 0 Å². The number of piperidine rings is 1. The smallest absolute Gasteiger partial charge is 0.191 e. The first-order valence-electron chi connectivity index (χ1n) is 10.1. The van der Waals surface area contributed by atoms with Gasteiger partial charge in [-0.15, -0.1) is 24.0 Å². The van der Waals surface area contributed by atoms with Crippen LogP contribution in [-0.2, 0) is 6.54 Å². The van der Waals surface area contributed by atoms with Gasteiger partial charge in [-0.3, -0.25) is 14.9 Å². The van der Waals surface area contributed by atoms with Crippen LogP contribution < -0.4 is 10.6 Å². The monoisotopic (exact) mass is 487 g/mol. The molecule has 0 amide bonds. The molecule has 1 aliphatic heterocycles. The first-order valence-corrected chi connectivity index (χ1v) is 10.1. The maximum absolute atomic E-state index is 4.77. The van der Waals surface area contributed by atoms with E-state index < -0.39 is 0 Å². The molecule has 2 heterocycles. The SMILES string of the molecule is CCNC(=NCCCC(C)(C)C)NC1CCN(Cc2ccccn2)CC1.I. The Kier molecular flexibility index (Phi) is 11.2. The minimum atomic E-state index is 0. The van der Waals surface area contributed by atoms with Crippen LogP contribution in [0.15, 0.2) is 29.4 Å². The normalized spacial score (nSPS) is 16.7. The number of nitrogens with zero attached hydrogens (tertiary/aromatic N) is 3. The van der Waals surface area contributed by atoms with Crippen LogP contribution in [0.25, 0.3) is 0 Å². The van der Waals surface area contributed by atoms with Crippen molar-refractivity contribution in [2.45, 2.75) is 66.0 Å². The number of aliphatic imine (C=N–C) groups is 1. The molecule has 0 atom stereocenters. The largest absolute Gasteiger partial charge is 0.357 e. The number of rotatable bonds is 7. The third-order valence-corrected chi connectivity index (χ3v) is 4.74. The zero-order valence-corrected chi connectivity index (χ0v) is 19.8. The molecule has 0 saturated carbocycles. The quantitative estimate of drug-likeness (QED) is 0.264. The Morgan fingerprint density at radius 2 is 2.00 bits per heavy atom. The molecule has 0 aliphatic carbocycles. The van der Waals surface area contributed by atoms with Crippen molar-refractivity contribution in [3.05, 3.63) is 30.1 Å². The van der Waals surface area contributed by atoms with Crippen LogP contribution in [0.2, 0.25) is 0 Å². The van der Waals surface area contributed by atoms with Gasteiger partial charge in [0.2, 0.25) is 0 Å². The molecule has 1 aliphatic rings. The van der Waals surface area contributed by atoms with Gasteiger partial charge in [0.05, 0.1) is 5.69 Å². The van der Waals surface area contributed by atoms with Crippen LogP contribution >= 0.6 is 24.0 Å². The maximum Gasteiger partial charge on any atom is 0.191 e. The zero-order chi connectivity index (χ0) is 18.8. The summed E-state index contributed by atoms with van der Waals surface area (Å²) in [4.78, 5) is 11.7. The van der Waals surface area contributed by atoms with Crippen LogP contribution in [0.5, 0.6) is 0 Å². The summed E-state index contributed by atoms with van der Waals surface area (Å²) in [6.07, 6.45) is 6.53. The van der Waals surface area contributed by atoms with Gasteiger partial charge in [-0.2, -0.15) is 0 Å². The Labute approximate surface area is 182 Å². The number of aromatic nitrogens is 1. The summed E-state index contributed by atoms with van der Waals surface area (Å²) < 4.78 is 0. The van der Waals surface area contributed by atoms with Gasteiger partial charge in [0, 0.05) is 45.0 Å². The standard InChI is InChI=1S/C21H37N5.HI/c1-5-22-20(24-14-8-12-21(2,3)4)25-18-10-15-26(16-11-18)17-19-9-6-7-13-23-19;/h6-7,9,13,18H,5,8,10-12,14-17H2,1-4H3,(H2,22,24,25);1H. The lowest BCUT2D eigenvalue weighted by Crippen LogP contribution is -2.48. The lowest BCUT2D eigenvalue weighted by molar-refractivity contribution is 0.196. The Morgan fingerprint density at radius 3 is 2.59 bits per heavy atom. The molecule has 5 nitrogen and oxygen atoms in total. The number of hydrogen-bond donors (Lipinski definition) is 2. The highest BCUT2D eigenvalue weighted by molar-refractivity contribution is 14.0. The molecule has 27 heavy (non-hydrogen) atoms.